The fourth-order valence-corrected chi connectivity index (χ4v) is 4.41. The summed E-state index contributed by atoms with van der Waals surface area (Å²) in [5.41, 5.74) is 12.1. The molecule has 2 aromatic carbocycles. The molecule has 0 radical (unpaired) electrons. The normalized spacial score (nSPS) is 14.6. The molecule has 1 atom stereocenters. The number of nitrogen functional groups attached to an aromatic ring is 1. The number of hydrogen-bond acceptors (Lipinski definition) is 5. The van der Waals surface area contributed by atoms with Crippen molar-refractivity contribution in [2.45, 2.75) is 59.2 Å². The van der Waals surface area contributed by atoms with Gasteiger partial charge >= 0.3 is 5.97 Å². The van der Waals surface area contributed by atoms with Crippen molar-refractivity contribution < 1.29 is 19.0 Å². The van der Waals surface area contributed by atoms with E-state index >= 15 is 0 Å². The van der Waals surface area contributed by atoms with Gasteiger partial charge < -0.3 is 19.9 Å². The molecule has 0 bridgehead atoms. The predicted octanol–water partition coefficient (Wildman–Crippen LogP) is 5.67. The first-order valence-corrected chi connectivity index (χ1v) is 10.9. The van der Waals surface area contributed by atoms with Gasteiger partial charge in [-0.3, -0.25) is 0 Å². The van der Waals surface area contributed by atoms with Gasteiger partial charge in [0.1, 0.15) is 5.75 Å². The Kier molecular flexibility index (Phi) is 6.48. The van der Waals surface area contributed by atoms with Crippen molar-refractivity contribution in [3.63, 3.8) is 0 Å². The Morgan fingerprint density at radius 2 is 1.93 bits per heavy atom. The average molecular weight is 476 g/mol. The van der Waals surface area contributed by atoms with Gasteiger partial charge in [0.2, 0.25) is 0 Å². The third-order valence-corrected chi connectivity index (χ3v) is 6.39. The van der Waals surface area contributed by atoms with Crippen LogP contribution in [0.25, 0.3) is 11.1 Å². The van der Waals surface area contributed by atoms with E-state index in [0.29, 0.717) is 5.69 Å². The van der Waals surface area contributed by atoms with Crippen LogP contribution in [0.15, 0.2) is 22.7 Å². The van der Waals surface area contributed by atoms with Crippen LogP contribution < -0.4 is 10.5 Å². The van der Waals surface area contributed by atoms with E-state index in [4.69, 9.17) is 19.9 Å². The van der Waals surface area contributed by atoms with Crippen molar-refractivity contribution in [1.82, 2.24) is 0 Å². The van der Waals surface area contributed by atoms with E-state index in [2.05, 4.69) is 22.0 Å². The molecule has 0 saturated carbocycles. The Hall–Kier alpha value is -2.05. The van der Waals surface area contributed by atoms with Gasteiger partial charge in [-0.15, -0.1) is 0 Å². The van der Waals surface area contributed by atoms with Crippen LogP contribution in [0, 0.1) is 13.8 Å². The lowest BCUT2D eigenvalue weighted by Crippen LogP contribution is -2.29. The summed E-state index contributed by atoms with van der Waals surface area (Å²) in [5.74, 6) is 0.475. The van der Waals surface area contributed by atoms with Crippen molar-refractivity contribution in [2.75, 3.05) is 19.5 Å². The van der Waals surface area contributed by atoms with E-state index < -0.39 is 17.7 Å². The van der Waals surface area contributed by atoms with Gasteiger partial charge in [-0.25, -0.2) is 4.79 Å². The molecule has 0 spiro atoms. The maximum absolute atomic E-state index is 12.8. The number of esters is 1. The van der Waals surface area contributed by atoms with Crippen molar-refractivity contribution in [1.29, 1.82) is 0 Å². The highest BCUT2D eigenvalue weighted by Gasteiger charge is 2.34. The number of carbonyl (C=O) groups excluding carboxylic acids is 1. The number of carbonyl (C=O) groups is 1. The molecule has 0 saturated heterocycles. The summed E-state index contributed by atoms with van der Waals surface area (Å²) in [7, 11) is 1.38. The molecule has 30 heavy (non-hydrogen) atoms. The average Bonchev–Trinajstić information content (AvgIpc) is 2.71. The number of methoxy groups -OCH3 is 1. The van der Waals surface area contributed by atoms with Crippen LogP contribution in [-0.2, 0) is 20.7 Å². The van der Waals surface area contributed by atoms with Crippen LogP contribution in [-0.4, -0.2) is 25.3 Å². The predicted molar refractivity (Wildman–Crippen MR) is 123 cm³/mol. The van der Waals surface area contributed by atoms with Crippen LogP contribution in [0.5, 0.6) is 5.75 Å². The van der Waals surface area contributed by atoms with Crippen molar-refractivity contribution >= 4 is 27.6 Å². The summed E-state index contributed by atoms with van der Waals surface area (Å²) in [6.45, 7) is 10.4. The van der Waals surface area contributed by atoms with E-state index in [-0.39, 0.29) is 0 Å². The van der Waals surface area contributed by atoms with Crippen LogP contribution in [0.3, 0.4) is 0 Å². The molecular weight excluding hydrogens is 446 g/mol. The first-order valence-electron chi connectivity index (χ1n) is 10.1. The first kappa shape index (κ1) is 22.6. The molecular formula is C24H30BrNO4. The number of rotatable bonds is 4. The minimum atomic E-state index is -0.897. The zero-order valence-electron chi connectivity index (χ0n) is 18.5. The molecule has 0 unspecified atom stereocenters. The number of ether oxygens (including phenoxy) is 3. The summed E-state index contributed by atoms with van der Waals surface area (Å²) < 4.78 is 17.9. The van der Waals surface area contributed by atoms with Crippen LogP contribution >= 0.6 is 15.9 Å². The highest BCUT2D eigenvalue weighted by molar-refractivity contribution is 9.10. The molecule has 3 rings (SSSR count). The van der Waals surface area contributed by atoms with Gasteiger partial charge in [-0.1, -0.05) is 6.07 Å². The number of hydrogen-bond donors (Lipinski definition) is 1. The van der Waals surface area contributed by atoms with Crippen molar-refractivity contribution in [3.8, 4) is 16.9 Å². The van der Waals surface area contributed by atoms with Gasteiger partial charge in [-0.2, -0.15) is 0 Å². The smallest absolute Gasteiger partial charge is 0.339 e. The third kappa shape index (κ3) is 4.35. The third-order valence-electron chi connectivity index (χ3n) is 5.36. The summed E-state index contributed by atoms with van der Waals surface area (Å²) >= 11 is 3.65. The molecule has 2 N–H and O–H groups in total. The number of benzene rings is 2. The molecule has 1 aliphatic rings. The molecule has 2 aromatic rings. The number of halogens is 1. The summed E-state index contributed by atoms with van der Waals surface area (Å²) in [6, 6.07) is 6.18. The molecule has 6 heteroatoms. The molecule has 0 fully saturated rings. The molecule has 1 heterocycles. The van der Waals surface area contributed by atoms with Gasteiger partial charge in [0.25, 0.3) is 0 Å². The monoisotopic (exact) mass is 475 g/mol. The second kappa shape index (κ2) is 8.60. The van der Waals surface area contributed by atoms with E-state index in [1.54, 1.807) is 0 Å². The van der Waals surface area contributed by atoms with Crippen LogP contribution in [0.1, 0.15) is 55.5 Å². The maximum Gasteiger partial charge on any atom is 0.339 e. The zero-order chi connectivity index (χ0) is 22.2. The Morgan fingerprint density at radius 3 is 2.57 bits per heavy atom. The van der Waals surface area contributed by atoms with E-state index in [1.165, 1.54) is 12.7 Å². The van der Waals surface area contributed by atoms with Gasteiger partial charge in [-0.05, 0) is 103 Å². The van der Waals surface area contributed by atoms with Gasteiger partial charge in [0.05, 0.1) is 19.3 Å². The van der Waals surface area contributed by atoms with E-state index in [0.717, 1.165) is 57.5 Å². The second-order valence-electron chi connectivity index (χ2n) is 8.67. The largest absolute Gasteiger partial charge is 0.493 e. The lowest BCUT2D eigenvalue weighted by Gasteiger charge is -2.30. The Balaban J connectivity index is 2.30. The Bertz CT molecular complexity index is 978. The number of nitrogens with two attached hydrogens (primary N) is 1. The molecule has 1 aliphatic heterocycles. The lowest BCUT2D eigenvalue weighted by molar-refractivity contribution is -0.164. The second-order valence-corrected chi connectivity index (χ2v) is 9.47. The summed E-state index contributed by atoms with van der Waals surface area (Å²) in [6.07, 6.45) is 1.06. The van der Waals surface area contributed by atoms with E-state index in [1.807, 2.05) is 46.8 Å². The highest BCUT2D eigenvalue weighted by atomic mass is 79.9. The topological polar surface area (TPSA) is 70.8 Å². The quantitative estimate of drug-likeness (QED) is 0.455. The molecule has 0 amide bonds. The van der Waals surface area contributed by atoms with Crippen molar-refractivity contribution in [3.05, 3.63) is 44.9 Å². The fourth-order valence-electron chi connectivity index (χ4n) is 3.91. The SMILES string of the molecule is COC(=O)[C@@H](OC(C)(C)C)c1c(C)c(N)c(Br)c(C)c1-c1ccc2c(c1)CCCO2. The molecule has 162 valence electrons. The minimum Gasteiger partial charge on any atom is -0.493 e. The fraction of sp³-hybridized carbons (Fsp3) is 0.458. The van der Waals surface area contributed by atoms with Gasteiger partial charge in [0.15, 0.2) is 6.10 Å². The molecule has 0 aliphatic carbocycles. The zero-order valence-corrected chi connectivity index (χ0v) is 20.1. The highest BCUT2D eigenvalue weighted by Crippen LogP contribution is 2.45. The Labute approximate surface area is 187 Å². The summed E-state index contributed by atoms with van der Waals surface area (Å²) in [5, 5.41) is 0. The van der Waals surface area contributed by atoms with Gasteiger partial charge in [0, 0.05) is 15.7 Å². The van der Waals surface area contributed by atoms with Crippen LogP contribution in [0.2, 0.25) is 0 Å². The number of fused-ring (bicyclic) bond motifs is 1. The number of anilines is 1. The minimum absolute atomic E-state index is 0.448. The van der Waals surface area contributed by atoms with E-state index in [9.17, 15) is 4.79 Å². The summed E-state index contributed by atoms with van der Waals surface area (Å²) in [4.78, 5) is 12.8. The molecule has 5 nitrogen and oxygen atoms in total. The van der Waals surface area contributed by atoms with Crippen LogP contribution in [0.4, 0.5) is 5.69 Å². The molecule has 0 aromatic heterocycles. The maximum atomic E-state index is 12.8. The Morgan fingerprint density at radius 1 is 1.23 bits per heavy atom. The first-order chi connectivity index (χ1) is 14.0. The lowest BCUT2D eigenvalue weighted by atomic mass is 9.86. The standard InChI is InChI=1S/C24H30BrNO4/c1-13-18(16-9-10-17-15(12-16)8-7-11-29-17)19(14(2)21(26)20(13)25)22(23(27)28-6)30-24(3,4)5/h9-10,12,22H,7-8,11,26H2,1-6H3/t22-/m0/s1. The van der Waals surface area contributed by atoms with Crippen molar-refractivity contribution in [2.24, 2.45) is 0 Å². The number of aryl methyl sites for hydroxylation is 1.